The van der Waals surface area contributed by atoms with Gasteiger partial charge in [0.25, 0.3) is 0 Å². The molecule has 0 unspecified atom stereocenters. The molecular weight excluding hydrogens is 378 g/mol. The summed E-state index contributed by atoms with van der Waals surface area (Å²) in [6.45, 7) is 4.72. The third-order valence-electron chi connectivity index (χ3n) is 6.38. The lowest BCUT2D eigenvalue weighted by Crippen LogP contribution is -2.72. The number of carbonyl (C=O) groups is 1. The number of para-hydroxylation sites is 1. The second-order valence-electron chi connectivity index (χ2n) is 9.04. The first kappa shape index (κ1) is 19.0. The predicted molar refractivity (Wildman–Crippen MR) is 116 cm³/mol. The summed E-state index contributed by atoms with van der Waals surface area (Å²) in [7, 11) is 1.83. The molecule has 3 aromatic rings. The Morgan fingerprint density at radius 2 is 2.00 bits per heavy atom. The van der Waals surface area contributed by atoms with Gasteiger partial charge in [-0.15, -0.1) is 0 Å². The minimum atomic E-state index is -0.484. The fraction of sp³-hybridized carbons (Fsp3) is 0.455. The number of benzene rings is 1. The molecule has 3 N–H and O–H groups in total. The van der Waals surface area contributed by atoms with Crippen molar-refractivity contribution in [2.75, 3.05) is 23.4 Å². The summed E-state index contributed by atoms with van der Waals surface area (Å²) in [6.07, 6.45) is 8.23. The first-order chi connectivity index (χ1) is 14.4. The van der Waals surface area contributed by atoms with Gasteiger partial charge in [-0.05, 0) is 32.8 Å². The second kappa shape index (κ2) is 7.05. The van der Waals surface area contributed by atoms with E-state index >= 15 is 0 Å². The Kier molecular flexibility index (Phi) is 4.47. The molecule has 2 aliphatic rings. The van der Waals surface area contributed by atoms with Gasteiger partial charge in [0, 0.05) is 25.7 Å². The Labute approximate surface area is 175 Å². The van der Waals surface area contributed by atoms with Crippen molar-refractivity contribution in [3.05, 3.63) is 30.7 Å². The predicted octanol–water partition coefficient (Wildman–Crippen LogP) is 2.63. The number of carbonyl (C=O) groups excluding carboxylic acids is 1. The molecule has 1 aromatic carbocycles. The van der Waals surface area contributed by atoms with Crippen LogP contribution in [0.2, 0.25) is 0 Å². The summed E-state index contributed by atoms with van der Waals surface area (Å²) in [5.74, 6) is 1.59. The number of imidazole rings is 1. The summed E-state index contributed by atoms with van der Waals surface area (Å²) in [5.41, 5.74) is 3.16. The Balaban J connectivity index is 1.58. The minimum Gasteiger partial charge on any atom is -0.351 e. The van der Waals surface area contributed by atoms with Crippen molar-refractivity contribution in [2.24, 2.45) is 5.41 Å². The molecule has 0 atom stereocenters. The van der Waals surface area contributed by atoms with Gasteiger partial charge in [0.15, 0.2) is 11.5 Å². The van der Waals surface area contributed by atoms with Crippen LogP contribution in [0.3, 0.4) is 0 Å². The zero-order valence-electron chi connectivity index (χ0n) is 17.7. The van der Waals surface area contributed by atoms with Crippen LogP contribution in [0.15, 0.2) is 30.7 Å². The highest BCUT2D eigenvalue weighted by atomic mass is 16.2. The molecule has 3 heterocycles. The van der Waals surface area contributed by atoms with E-state index in [1.807, 2.05) is 44.4 Å². The summed E-state index contributed by atoms with van der Waals surface area (Å²) in [6, 6.07) is 6.43. The average Bonchev–Trinajstić information content (AvgIpc) is 3.42. The second-order valence-corrected chi connectivity index (χ2v) is 9.04. The van der Waals surface area contributed by atoms with Crippen molar-refractivity contribution in [1.82, 2.24) is 19.9 Å². The first-order valence-corrected chi connectivity index (χ1v) is 10.6. The van der Waals surface area contributed by atoms with E-state index in [1.165, 1.54) is 12.8 Å². The number of nitrogens with two attached hydrogens (primary N) is 1. The summed E-state index contributed by atoms with van der Waals surface area (Å²) in [5, 5.41) is 1.97. The highest BCUT2D eigenvalue weighted by molar-refractivity contribution is 6.00. The van der Waals surface area contributed by atoms with E-state index in [2.05, 4.69) is 19.9 Å². The maximum Gasteiger partial charge on any atom is 0.332 e. The van der Waals surface area contributed by atoms with Crippen LogP contribution in [0.1, 0.15) is 39.5 Å². The van der Waals surface area contributed by atoms with Crippen LogP contribution in [-0.2, 0) is 4.79 Å². The molecule has 1 saturated carbocycles. The number of hydrogen-bond acceptors (Lipinski definition) is 5. The van der Waals surface area contributed by atoms with Crippen LogP contribution in [0.4, 0.5) is 23.1 Å². The molecule has 1 aliphatic heterocycles. The molecular formula is C22H28N7O+. The van der Waals surface area contributed by atoms with Gasteiger partial charge in [-0.2, -0.15) is 9.97 Å². The molecule has 1 amide bonds. The van der Waals surface area contributed by atoms with Crippen LogP contribution in [-0.4, -0.2) is 45.5 Å². The number of quaternary nitrogens is 1. The smallest absolute Gasteiger partial charge is 0.332 e. The van der Waals surface area contributed by atoms with Crippen LogP contribution in [0.25, 0.3) is 11.0 Å². The SMILES string of the molecule is CN1C(=O)C(C)(C)CN(C2CCCC2)c2nc([NH2+]c3cccc4[nH]cnc34)ncc21. The van der Waals surface area contributed by atoms with E-state index in [1.54, 1.807) is 17.4 Å². The Bertz CT molecular complexity index is 1100. The van der Waals surface area contributed by atoms with Crippen LogP contribution in [0, 0.1) is 5.41 Å². The van der Waals surface area contributed by atoms with E-state index in [0.29, 0.717) is 18.5 Å². The van der Waals surface area contributed by atoms with Crippen LogP contribution in [0.5, 0.6) is 0 Å². The lowest BCUT2D eigenvalue weighted by molar-refractivity contribution is -0.485. The number of fused-ring (bicyclic) bond motifs is 2. The Hall–Kier alpha value is -3.00. The van der Waals surface area contributed by atoms with Gasteiger partial charge < -0.3 is 14.8 Å². The molecule has 0 radical (unpaired) electrons. The Morgan fingerprint density at radius 3 is 2.80 bits per heavy atom. The maximum atomic E-state index is 13.1. The molecule has 156 valence electrons. The number of aromatic nitrogens is 4. The van der Waals surface area contributed by atoms with Gasteiger partial charge in [0.2, 0.25) is 5.91 Å². The minimum absolute atomic E-state index is 0.103. The van der Waals surface area contributed by atoms with Crippen LogP contribution >= 0.6 is 0 Å². The Morgan fingerprint density at radius 1 is 1.20 bits per heavy atom. The highest BCUT2D eigenvalue weighted by Gasteiger charge is 2.41. The molecule has 30 heavy (non-hydrogen) atoms. The van der Waals surface area contributed by atoms with Gasteiger partial charge in [0.05, 0.1) is 23.5 Å². The monoisotopic (exact) mass is 406 g/mol. The van der Waals surface area contributed by atoms with Gasteiger partial charge in [-0.25, -0.2) is 10.3 Å². The highest BCUT2D eigenvalue weighted by Crippen LogP contribution is 2.39. The average molecular weight is 407 g/mol. The maximum absolute atomic E-state index is 13.1. The molecule has 8 nitrogen and oxygen atoms in total. The van der Waals surface area contributed by atoms with E-state index in [-0.39, 0.29) is 5.91 Å². The molecule has 1 aliphatic carbocycles. The quantitative estimate of drug-likeness (QED) is 0.652. The van der Waals surface area contributed by atoms with Gasteiger partial charge in [-0.1, -0.05) is 18.9 Å². The molecule has 0 saturated heterocycles. The topological polar surface area (TPSA) is 94.6 Å². The molecule has 5 rings (SSSR count). The lowest BCUT2D eigenvalue weighted by atomic mass is 9.91. The van der Waals surface area contributed by atoms with Crippen molar-refractivity contribution < 1.29 is 10.1 Å². The van der Waals surface area contributed by atoms with Crippen molar-refractivity contribution in [3.8, 4) is 0 Å². The van der Waals surface area contributed by atoms with Gasteiger partial charge >= 0.3 is 5.95 Å². The van der Waals surface area contributed by atoms with Gasteiger partial charge in [0.1, 0.15) is 11.2 Å². The number of anilines is 2. The normalized spacial score (nSPS) is 19.4. The number of rotatable bonds is 3. The zero-order valence-corrected chi connectivity index (χ0v) is 17.7. The fourth-order valence-electron chi connectivity index (χ4n) is 4.79. The van der Waals surface area contributed by atoms with Crippen molar-refractivity contribution in [1.29, 1.82) is 0 Å². The van der Waals surface area contributed by atoms with Crippen LogP contribution < -0.4 is 15.1 Å². The number of hydrogen-bond donors (Lipinski definition) is 2. The van der Waals surface area contributed by atoms with Crippen molar-refractivity contribution >= 4 is 40.1 Å². The van der Waals surface area contributed by atoms with E-state index < -0.39 is 5.41 Å². The lowest BCUT2D eigenvalue weighted by Gasteiger charge is -2.33. The molecule has 0 spiro atoms. The van der Waals surface area contributed by atoms with E-state index in [0.717, 1.165) is 41.1 Å². The summed E-state index contributed by atoms with van der Waals surface area (Å²) >= 11 is 0. The van der Waals surface area contributed by atoms with Crippen molar-refractivity contribution in [2.45, 2.75) is 45.6 Å². The van der Waals surface area contributed by atoms with Crippen molar-refractivity contribution in [3.63, 3.8) is 0 Å². The van der Waals surface area contributed by atoms with E-state index in [9.17, 15) is 4.79 Å². The number of aromatic amines is 1. The fourth-order valence-corrected chi connectivity index (χ4v) is 4.79. The third kappa shape index (κ3) is 3.11. The van der Waals surface area contributed by atoms with Gasteiger partial charge in [-0.3, -0.25) is 4.79 Å². The number of nitrogens with zero attached hydrogens (tertiary/aromatic N) is 5. The molecule has 2 aromatic heterocycles. The summed E-state index contributed by atoms with van der Waals surface area (Å²) in [4.78, 5) is 34.3. The molecule has 1 fully saturated rings. The third-order valence-corrected chi connectivity index (χ3v) is 6.38. The zero-order chi connectivity index (χ0) is 20.9. The number of nitrogens with one attached hydrogen (secondary N) is 1. The molecule has 0 bridgehead atoms. The first-order valence-electron chi connectivity index (χ1n) is 10.6. The van der Waals surface area contributed by atoms with E-state index in [4.69, 9.17) is 4.98 Å². The standard InChI is InChI=1S/C22H27N7O/c1-22(2)12-29(14-7-4-5-8-14)19-17(28(3)20(22)30)11-23-21(27-19)26-16-10-6-9-15-18(16)25-13-24-15/h6,9-11,13-14H,4-5,7-8,12H2,1-3H3,(H,24,25)(H,23,26,27)/p+1. The number of amides is 1. The number of H-pyrrole nitrogens is 1. The largest absolute Gasteiger partial charge is 0.351 e. The molecule has 8 heteroatoms. The summed E-state index contributed by atoms with van der Waals surface area (Å²) < 4.78 is 0.